The first-order valence-corrected chi connectivity index (χ1v) is 9.38. The van der Waals surface area contributed by atoms with Crippen molar-refractivity contribution in [2.75, 3.05) is 13.1 Å². The summed E-state index contributed by atoms with van der Waals surface area (Å²) in [6.45, 7) is 5.99. The average Bonchev–Trinajstić information content (AvgIpc) is 2.67. The normalized spacial score (nSPS) is 17.5. The average molecular weight is 344 g/mol. The maximum Gasteiger partial charge on any atom is 0.254 e. The van der Waals surface area contributed by atoms with Gasteiger partial charge in [0.25, 0.3) is 5.91 Å². The fourth-order valence-corrected chi connectivity index (χ4v) is 3.77. The second kappa shape index (κ2) is 6.91. The van der Waals surface area contributed by atoms with Crippen molar-refractivity contribution in [3.63, 3.8) is 0 Å². The fourth-order valence-electron chi connectivity index (χ4n) is 3.77. The molecule has 0 saturated carbocycles. The van der Waals surface area contributed by atoms with Crippen LogP contribution in [0.25, 0.3) is 22.2 Å². The molecule has 26 heavy (non-hydrogen) atoms. The van der Waals surface area contributed by atoms with Gasteiger partial charge in [-0.05, 0) is 37.8 Å². The molecule has 4 rings (SSSR count). The summed E-state index contributed by atoms with van der Waals surface area (Å²) in [4.78, 5) is 20.1. The number of nitrogens with zero attached hydrogens (tertiary/aromatic N) is 2. The molecule has 0 aliphatic carbocycles. The number of benzene rings is 2. The number of likely N-dealkylation sites (tertiary alicyclic amines) is 1. The highest BCUT2D eigenvalue weighted by atomic mass is 16.2. The molecule has 0 spiro atoms. The number of aryl methyl sites for hydroxylation is 1. The van der Waals surface area contributed by atoms with Gasteiger partial charge >= 0.3 is 0 Å². The van der Waals surface area contributed by atoms with Gasteiger partial charge in [0.1, 0.15) is 0 Å². The van der Waals surface area contributed by atoms with Crippen molar-refractivity contribution < 1.29 is 4.79 Å². The van der Waals surface area contributed by atoms with E-state index in [0.29, 0.717) is 5.92 Å². The Hall–Kier alpha value is -2.68. The SMILES string of the molecule is Cc1ccc(-c2cc(C(=O)N3CCCC(C)C3)c3ccccc3n2)cc1. The Labute approximate surface area is 154 Å². The van der Waals surface area contributed by atoms with Gasteiger partial charge in [-0.2, -0.15) is 0 Å². The van der Waals surface area contributed by atoms with Gasteiger partial charge in [-0.3, -0.25) is 4.79 Å². The molecule has 1 saturated heterocycles. The van der Waals surface area contributed by atoms with E-state index in [4.69, 9.17) is 4.98 Å². The lowest BCUT2D eigenvalue weighted by Crippen LogP contribution is -2.39. The molecule has 0 bridgehead atoms. The number of fused-ring (bicyclic) bond motifs is 1. The number of carbonyl (C=O) groups excluding carboxylic acids is 1. The minimum absolute atomic E-state index is 0.128. The molecule has 3 nitrogen and oxygen atoms in total. The first kappa shape index (κ1) is 16.8. The summed E-state index contributed by atoms with van der Waals surface area (Å²) in [6, 6.07) is 18.2. The van der Waals surface area contributed by atoms with Crippen molar-refractivity contribution >= 4 is 16.8 Å². The zero-order valence-electron chi connectivity index (χ0n) is 15.4. The van der Waals surface area contributed by atoms with Crippen LogP contribution in [0.5, 0.6) is 0 Å². The quantitative estimate of drug-likeness (QED) is 0.649. The van der Waals surface area contributed by atoms with Crippen molar-refractivity contribution in [2.24, 2.45) is 5.92 Å². The Bertz CT molecular complexity index is 946. The predicted molar refractivity (Wildman–Crippen MR) is 106 cm³/mol. The maximum atomic E-state index is 13.3. The van der Waals surface area contributed by atoms with E-state index >= 15 is 0 Å². The molecule has 1 aromatic heterocycles. The van der Waals surface area contributed by atoms with Gasteiger partial charge in [-0.1, -0.05) is 55.0 Å². The zero-order valence-corrected chi connectivity index (χ0v) is 15.4. The highest BCUT2D eigenvalue weighted by Gasteiger charge is 2.24. The van der Waals surface area contributed by atoms with E-state index in [0.717, 1.165) is 47.2 Å². The number of carbonyl (C=O) groups is 1. The van der Waals surface area contributed by atoms with E-state index in [-0.39, 0.29) is 5.91 Å². The van der Waals surface area contributed by atoms with Gasteiger partial charge < -0.3 is 4.90 Å². The monoisotopic (exact) mass is 344 g/mol. The second-order valence-electron chi connectivity index (χ2n) is 7.44. The van der Waals surface area contributed by atoms with Crippen molar-refractivity contribution in [1.29, 1.82) is 0 Å². The number of hydrogen-bond acceptors (Lipinski definition) is 2. The predicted octanol–water partition coefficient (Wildman–Crippen LogP) is 5.08. The molecule has 0 N–H and O–H groups in total. The molecule has 3 aromatic rings. The van der Waals surface area contributed by atoms with Gasteiger partial charge in [0, 0.05) is 24.0 Å². The molecule has 1 unspecified atom stereocenters. The number of amides is 1. The third kappa shape index (κ3) is 3.22. The van der Waals surface area contributed by atoms with Gasteiger partial charge in [0.15, 0.2) is 0 Å². The largest absolute Gasteiger partial charge is 0.338 e. The molecule has 1 atom stereocenters. The van der Waals surface area contributed by atoms with Crippen LogP contribution in [0, 0.1) is 12.8 Å². The fraction of sp³-hybridized carbons (Fsp3) is 0.304. The molecule has 132 valence electrons. The smallest absolute Gasteiger partial charge is 0.254 e. The summed E-state index contributed by atoms with van der Waals surface area (Å²) < 4.78 is 0. The lowest BCUT2D eigenvalue weighted by Gasteiger charge is -2.31. The van der Waals surface area contributed by atoms with Crippen LogP contribution in [-0.4, -0.2) is 28.9 Å². The van der Waals surface area contributed by atoms with Crippen LogP contribution >= 0.6 is 0 Å². The summed E-state index contributed by atoms with van der Waals surface area (Å²) in [5.74, 6) is 0.695. The Morgan fingerprint density at radius 1 is 1.12 bits per heavy atom. The lowest BCUT2D eigenvalue weighted by atomic mass is 9.98. The summed E-state index contributed by atoms with van der Waals surface area (Å²) in [5.41, 5.74) is 4.76. The molecule has 1 aliphatic rings. The molecule has 3 heteroatoms. The molecule has 1 aliphatic heterocycles. The molecule has 2 heterocycles. The third-order valence-electron chi connectivity index (χ3n) is 5.24. The number of piperidine rings is 1. The summed E-state index contributed by atoms with van der Waals surface area (Å²) in [7, 11) is 0. The standard InChI is InChI=1S/C23H24N2O/c1-16-9-11-18(12-10-16)22-14-20(19-7-3-4-8-21(19)24-22)23(26)25-13-5-6-17(2)15-25/h3-4,7-12,14,17H,5-6,13,15H2,1-2H3. The van der Waals surface area contributed by atoms with Crippen molar-refractivity contribution in [1.82, 2.24) is 9.88 Å². The Morgan fingerprint density at radius 2 is 1.88 bits per heavy atom. The molecular weight excluding hydrogens is 320 g/mol. The highest BCUT2D eigenvalue weighted by molar-refractivity contribution is 6.07. The van der Waals surface area contributed by atoms with E-state index in [1.54, 1.807) is 0 Å². The number of hydrogen-bond donors (Lipinski definition) is 0. The molecule has 1 fully saturated rings. The number of aromatic nitrogens is 1. The van der Waals surface area contributed by atoms with Crippen LogP contribution in [0.15, 0.2) is 54.6 Å². The van der Waals surface area contributed by atoms with Crippen molar-refractivity contribution in [2.45, 2.75) is 26.7 Å². The third-order valence-corrected chi connectivity index (χ3v) is 5.24. The van der Waals surface area contributed by atoms with Gasteiger partial charge in [0.2, 0.25) is 0 Å². The van der Waals surface area contributed by atoms with Crippen molar-refractivity contribution in [3.05, 3.63) is 65.7 Å². The zero-order chi connectivity index (χ0) is 18.1. The van der Waals surface area contributed by atoms with E-state index in [1.165, 1.54) is 12.0 Å². The lowest BCUT2D eigenvalue weighted by molar-refractivity contribution is 0.0685. The van der Waals surface area contributed by atoms with Crippen LogP contribution < -0.4 is 0 Å². The van der Waals surface area contributed by atoms with Crippen LogP contribution in [0.2, 0.25) is 0 Å². The van der Waals surface area contributed by atoms with E-state index in [2.05, 4.69) is 38.1 Å². The number of para-hydroxylation sites is 1. The second-order valence-corrected chi connectivity index (χ2v) is 7.44. The van der Waals surface area contributed by atoms with E-state index < -0.39 is 0 Å². The Kier molecular flexibility index (Phi) is 4.46. The number of rotatable bonds is 2. The summed E-state index contributed by atoms with van der Waals surface area (Å²) in [5, 5.41) is 0.937. The Balaban J connectivity index is 1.82. The van der Waals surface area contributed by atoms with E-state index in [1.807, 2.05) is 35.2 Å². The van der Waals surface area contributed by atoms with E-state index in [9.17, 15) is 4.79 Å². The van der Waals surface area contributed by atoms with Crippen LogP contribution in [0.4, 0.5) is 0 Å². The van der Waals surface area contributed by atoms with Crippen molar-refractivity contribution in [3.8, 4) is 11.3 Å². The number of pyridine rings is 1. The minimum atomic E-state index is 0.128. The first-order chi connectivity index (χ1) is 12.6. The molecular formula is C23H24N2O. The minimum Gasteiger partial charge on any atom is -0.338 e. The van der Waals surface area contributed by atoms with Crippen LogP contribution in [-0.2, 0) is 0 Å². The van der Waals surface area contributed by atoms with Gasteiger partial charge in [-0.25, -0.2) is 4.98 Å². The highest BCUT2D eigenvalue weighted by Crippen LogP contribution is 2.27. The van der Waals surface area contributed by atoms with Crippen LogP contribution in [0.3, 0.4) is 0 Å². The van der Waals surface area contributed by atoms with Gasteiger partial charge in [-0.15, -0.1) is 0 Å². The summed E-state index contributed by atoms with van der Waals surface area (Å²) in [6.07, 6.45) is 2.29. The topological polar surface area (TPSA) is 33.2 Å². The van der Waals surface area contributed by atoms with Gasteiger partial charge in [0.05, 0.1) is 16.8 Å². The molecule has 1 amide bonds. The van der Waals surface area contributed by atoms with Crippen LogP contribution in [0.1, 0.15) is 35.7 Å². The summed E-state index contributed by atoms with van der Waals surface area (Å²) >= 11 is 0. The molecule has 2 aromatic carbocycles. The molecule has 0 radical (unpaired) electrons. The maximum absolute atomic E-state index is 13.3. The Morgan fingerprint density at radius 3 is 2.65 bits per heavy atom. The first-order valence-electron chi connectivity index (χ1n) is 9.38.